The lowest BCUT2D eigenvalue weighted by atomic mass is 9.98. The molecule has 0 radical (unpaired) electrons. The van der Waals surface area contributed by atoms with Gasteiger partial charge in [0, 0.05) is 12.1 Å². The molecule has 2 saturated heterocycles. The second-order valence-corrected chi connectivity index (χ2v) is 5.83. The first-order valence-electron chi connectivity index (χ1n) is 6.48. The van der Waals surface area contributed by atoms with Crippen LogP contribution in [0.2, 0.25) is 5.02 Å². The molecule has 2 aliphatic heterocycles. The summed E-state index contributed by atoms with van der Waals surface area (Å²) in [4.78, 5) is 1.99. The van der Waals surface area contributed by atoms with E-state index in [1.165, 1.54) is 6.07 Å². The fourth-order valence-corrected chi connectivity index (χ4v) is 3.58. The van der Waals surface area contributed by atoms with Gasteiger partial charge in [-0.05, 0) is 31.7 Å². The predicted octanol–water partition coefficient (Wildman–Crippen LogP) is 2.14. The van der Waals surface area contributed by atoms with E-state index in [2.05, 4.69) is 0 Å². The maximum atomic E-state index is 14.4. The number of hydrogen-bond donors (Lipinski definition) is 3. The Bertz CT molecular complexity index is 511. The minimum absolute atomic E-state index is 0.0743. The predicted molar refractivity (Wildman–Crippen MR) is 74.8 cm³/mol. The molecule has 19 heavy (non-hydrogen) atoms. The van der Waals surface area contributed by atoms with Gasteiger partial charge in [0.15, 0.2) is 5.82 Å². The maximum Gasteiger partial charge on any atom is 0.169 e. The smallest absolute Gasteiger partial charge is 0.169 e. The molecule has 3 rings (SSSR count). The zero-order valence-corrected chi connectivity index (χ0v) is 11.2. The summed E-state index contributed by atoms with van der Waals surface area (Å²) in [6, 6.07) is 1.76. The highest BCUT2D eigenvalue weighted by Crippen LogP contribution is 2.45. The van der Waals surface area contributed by atoms with Crippen molar-refractivity contribution in [2.24, 2.45) is 0 Å². The summed E-state index contributed by atoms with van der Waals surface area (Å²) in [5, 5.41) is 9.72. The molecular formula is C13H17ClFN3O. The Hall–Kier alpha value is -1.20. The third-order valence-electron chi connectivity index (χ3n) is 4.20. The van der Waals surface area contributed by atoms with Crippen LogP contribution in [-0.2, 0) is 0 Å². The number of hydrogen-bond acceptors (Lipinski definition) is 4. The summed E-state index contributed by atoms with van der Waals surface area (Å²) in [5.41, 5.74) is 12.4. The molecule has 5 N–H and O–H groups in total. The Morgan fingerprint density at radius 3 is 2.37 bits per heavy atom. The number of anilines is 3. The van der Waals surface area contributed by atoms with Crippen molar-refractivity contribution in [3.63, 3.8) is 0 Å². The molecule has 2 fully saturated rings. The Morgan fingerprint density at radius 2 is 1.79 bits per heavy atom. The number of nitrogen functional groups attached to an aromatic ring is 2. The molecule has 2 heterocycles. The van der Waals surface area contributed by atoms with Crippen LogP contribution in [0, 0.1) is 5.82 Å². The van der Waals surface area contributed by atoms with Crippen molar-refractivity contribution in [2.45, 2.75) is 43.9 Å². The minimum atomic E-state index is -0.549. The van der Waals surface area contributed by atoms with Gasteiger partial charge in [0.25, 0.3) is 0 Å². The molecule has 0 amide bonds. The highest BCUT2D eigenvalue weighted by atomic mass is 35.5. The molecule has 0 aromatic heterocycles. The average Bonchev–Trinajstić information content (AvgIpc) is 2.59. The van der Waals surface area contributed by atoms with Crippen LogP contribution >= 0.6 is 11.6 Å². The Morgan fingerprint density at radius 1 is 1.21 bits per heavy atom. The molecule has 1 aromatic carbocycles. The number of aliphatic hydroxyl groups is 1. The number of fused-ring (bicyclic) bond motifs is 2. The van der Waals surface area contributed by atoms with Gasteiger partial charge < -0.3 is 21.5 Å². The van der Waals surface area contributed by atoms with Crippen molar-refractivity contribution >= 4 is 28.7 Å². The summed E-state index contributed by atoms with van der Waals surface area (Å²) in [7, 11) is 0. The number of nitrogens with two attached hydrogens (primary N) is 2. The summed E-state index contributed by atoms with van der Waals surface area (Å²) in [6.07, 6.45) is 2.89. The zero-order valence-electron chi connectivity index (χ0n) is 10.4. The molecule has 0 aliphatic carbocycles. The summed E-state index contributed by atoms with van der Waals surface area (Å²) in [5.74, 6) is -0.549. The van der Waals surface area contributed by atoms with Crippen LogP contribution in [-0.4, -0.2) is 23.3 Å². The lowest BCUT2D eigenvalue weighted by Gasteiger charge is -2.39. The van der Waals surface area contributed by atoms with E-state index in [-0.39, 0.29) is 28.9 Å². The molecule has 2 bridgehead atoms. The summed E-state index contributed by atoms with van der Waals surface area (Å²) >= 11 is 5.89. The molecule has 1 aromatic rings. The highest BCUT2D eigenvalue weighted by molar-refractivity contribution is 6.33. The number of piperidine rings is 1. The van der Waals surface area contributed by atoms with Crippen LogP contribution < -0.4 is 16.4 Å². The fraction of sp³-hybridized carbons (Fsp3) is 0.538. The molecular weight excluding hydrogens is 269 g/mol. The van der Waals surface area contributed by atoms with Crippen molar-refractivity contribution in [2.75, 3.05) is 16.4 Å². The van der Waals surface area contributed by atoms with E-state index >= 15 is 0 Å². The molecule has 4 nitrogen and oxygen atoms in total. The monoisotopic (exact) mass is 285 g/mol. The van der Waals surface area contributed by atoms with Gasteiger partial charge >= 0.3 is 0 Å². The largest absolute Gasteiger partial charge is 0.397 e. The van der Waals surface area contributed by atoms with Gasteiger partial charge in [-0.15, -0.1) is 0 Å². The van der Waals surface area contributed by atoms with Crippen molar-refractivity contribution in [3.05, 3.63) is 16.9 Å². The third-order valence-corrected chi connectivity index (χ3v) is 4.59. The number of rotatable bonds is 1. The number of nitrogens with zero attached hydrogens (tertiary/aromatic N) is 1. The van der Waals surface area contributed by atoms with E-state index in [0.29, 0.717) is 24.2 Å². The van der Waals surface area contributed by atoms with Gasteiger partial charge in [-0.1, -0.05) is 11.6 Å². The second kappa shape index (κ2) is 4.42. The normalized spacial score (nSPS) is 29.8. The first-order chi connectivity index (χ1) is 8.99. The number of benzene rings is 1. The van der Waals surface area contributed by atoms with Crippen LogP contribution in [0.5, 0.6) is 0 Å². The van der Waals surface area contributed by atoms with Gasteiger partial charge in [-0.2, -0.15) is 0 Å². The van der Waals surface area contributed by atoms with Gasteiger partial charge in [0.2, 0.25) is 0 Å². The first-order valence-corrected chi connectivity index (χ1v) is 6.86. The summed E-state index contributed by atoms with van der Waals surface area (Å²) < 4.78 is 14.4. The Balaban J connectivity index is 2.06. The lowest BCUT2D eigenvalue weighted by Crippen LogP contribution is -2.45. The second-order valence-electron chi connectivity index (χ2n) is 5.45. The zero-order chi connectivity index (χ0) is 13.7. The molecule has 2 aliphatic rings. The lowest BCUT2D eigenvalue weighted by molar-refractivity contribution is 0.126. The first kappa shape index (κ1) is 12.8. The average molecular weight is 286 g/mol. The number of halogens is 2. The van der Waals surface area contributed by atoms with Crippen molar-refractivity contribution in [3.8, 4) is 0 Å². The molecule has 0 spiro atoms. The van der Waals surface area contributed by atoms with Crippen LogP contribution in [0.25, 0.3) is 0 Å². The molecule has 6 heteroatoms. The van der Waals surface area contributed by atoms with Crippen molar-refractivity contribution in [1.29, 1.82) is 0 Å². The van der Waals surface area contributed by atoms with Gasteiger partial charge in [0.1, 0.15) is 5.02 Å². The Labute approximate surface area is 116 Å². The number of aliphatic hydroxyl groups excluding tert-OH is 1. The fourth-order valence-electron chi connectivity index (χ4n) is 3.43. The van der Waals surface area contributed by atoms with Crippen molar-refractivity contribution in [1.82, 2.24) is 0 Å². The van der Waals surface area contributed by atoms with E-state index in [1.807, 2.05) is 4.90 Å². The van der Waals surface area contributed by atoms with Crippen molar-refractivity contribution < 1.29 is 9.50 Å². The van der Waals surface area contributed by atoms with E-state index in [4.69, 9.17) is 23.1 Å². The maximum absolute atomic E-state index is 14.4. The van der Waals surface area contributed by atoms with E-state index in [0.717, 1.165) is 12.8 Å². The topological polar surface area (TPSA) is 75.5 Å². The Kier molecular flexibility index (Phi) is 2.98. The highest BCUT2D eigenvalue weighted by Gasteiger charge is 2.42. The van der Waals surface area contributed by atoms with Gasteiger partial charge in [0.05, 0.1) is 23.2 Å². The van der Waals surface area contributed by atoms with Crippen LogP contribution in [0.3, 0.4) is 0 Å². The molecule has 2 unspecified atom stereocenters. The SMILES string of the molecule is Nc1cc(N)c(N2C3CCC2CC(O)C3)c(F)c1Cl. The quantitative estimate of drug-likeness (QED) is 0.691. The van der Waals surface area contributed by atoms with Crippen LogP contribution in [0.15, 0.2) is 6.07 Å². The standard InChI is InChI=1S/C13H17ClFN3O/c14-11-9(16)5-10(17)13(12(11)15)18-6-1-2-7(18)4-8(19)3-6/h5-8,19H,1-4,16-17H2. The minimum Gasteiger partial charge on any atom is -0.397 e. The van der Waals surface area contributed by atoms with Crippen LogP contribution in [0.1, 0.15) is 25.7 Å². The van der Waals surface area contributed by atoms with E-state index in [9.17, 15) is 9.50 Å². The summed E-state index contributed by atoms with van der Waals surface area (Å²) in [6.45, 7) is 0. The van der Waals surface area contributed by atoms with E-state index < -0.39 is 5.82 Å². The molecule has 104 valence electrons. The third kappa shape index (κ3) is 1.92. The van der Waals surface area contributed by atoms with E-state index in [1.54, 1.807) is 0 Å². The van der Waals surface area contributed by atoms with Crippen LogP contribution in [0.4, 0.5) is 21.5 Å². The molecule has 2 atom stereocenters. The van der Waals surface area contributed by atoms with Gasteiger partial charge in [-0.25, -0.2) is 4.39 Å². The molecule has 0 saturated carbocycles. The van der Waals surface area contributed by atoms with Gasteiger partial charge in [-0.3, -0.25) is 0 Å².